The highest BCUT2D eigenvalue weighted by atomic mass is 16.1. The van der Waals surface area contributed by atoms with E-state index < -0.39 is 5.92 Å². The van der Waals surface area contributed by atoms with Gasteiger partial charge in [-0.25, -0.2) is 5.43 Å². The fourth-order valence-corrected chi connectivity index (χ4v) is 3.47. The van der Waals surface area contributed by atoms with E-state index in [0.29, 0.717) is 12.8 Å². The van der Waals surface area contributed by atoms with E-state index in [4.69, 9.17) is 5.26 Å². The molecule has 0 amide bonds. The SMILES string of the molecule is N#CC1CCC2CC3N(NNN(C#N)N3C#N)NC2C1C#N. The van der Waals surface area contributed by atoms with Crippen LogP contribution in [0, 0.1) is 63.3 Å². The molecule has 2 heterocycles. The summed E-state index contributed by atoms with van der Waals surface area (Å²) in [6, 6.07) is 4.31. The van der Waals surface area contributed by atoms with Crippen molar-refractivity contribution < 1.29 is 0 Å². The molecule has 1 aliphatic carbocycles. The van der Waals surface area contributed by atoms with Crippen molar-refractivity contribution in [1.29, 1.82) is 21.0 Å². The van der Waals surface area contributed by atoms with Crippen molar-refractivity contribution in [3.05, 3.63) is 0 Å². The number of nitrogens with one attached hydrogen (secondary N) is 3. The third-order valence-corrected chi connectivity index (χ3v) is 4.56. The molecule has 2 saturated heterocycles. The fourth-order valence-electron chi connectivity index (χ4n) is 3.47. The lowest BCUT2D eigenvalue weighted by molar-refractivity contribution is -0.224. The Morgan fingerprint density at radius 2 is 1.77 bits per heavy atom. The summed E-state index contributed by atoms with van der Waals surface area (Å²) in [4.78, 5) is 0. The van der Waals surface area contributed by atoms with E-state index in [2.05, 4.69) is 28.6 Å². The zero-order chi connectivity index (χ0) is 15.7. The summed E-state index contributed by atoms with van der Waals surface area (Å²) in [6.45, 7) is 0. The Kier molecular flexibility index (Phi) is 3.68. The fraction of sp³-hybridized carbons (Fsp3) is 0.667. The molecule has 0 radical (unpaired) electrons. The van der Waals surface area contributed by atoms with Crippen LogP contribution in [0.15, 0.2) is 0 Å². The summed E-state index contributed by atoms with van der Waals surface area (Å²) < 4.78 is 0. The molecule has 2 aliphatic heterocycles. The van der Waals surface area contributed by atoms with E-state index in [1.807, 2.05) is 12.4 Å². The van der Waals surface area contributed by atoms with E-state index in [1.165, 1.54) is 5.01 Å². The monoisotopic (exact) mass is 298 g/mol. The smallest absolute Gasteiger partial charge is 0.218 e. The second kappa shape index (κ2) is 5.65. The van der Waals surface area contributed by atoms with Crippen LogP contribution in [-0.4, -0.2) is 27.5 Å². The van der Waals surface area contributed by atoms with E-state index in [0.717, 1.165) is 11.5 Å². The second-order valence-corrected chi connectivity index (χ2v) is 5.55. The molecule has 10 nitrogen and oxygen atoms in total. The van der Waals surface area contributed by atoms with Crippen LogP contribution in [0.5, 0.6) is 0 Å². The topological polar surface area (TPSA) is 141 Å². The van der Waals surface area contributed by atoms with Crippen molar-refractivity contribution in [2.24, 2.45) is 17.8 Å². The van der Waals surface area contributed by atoms with Crippen molar-refractivity contribution >= 4 is 0 Å². The summed E-state index contributed by atoms with van der Waals surface area (Å²) >= 11 is 0. The van der Waals surface area contributed by atoms with Gasteiger partial charge in [0.1, 0.15) is 6.17 Å². The molecular weight excluding hydrogens is 284 g/mol. The van der Waals surface area contributed by atoms with Crippen molar-refractivity contribution in [1.82, 2.24) is 31.7 Å². The lowest BCUT2D eigenvalue weighted by Gasteiger charge is -2.53. The molecule has 5 unspecified atom stereocenters. The summed E-state index contributed by atoms with van der Waals surface area (Å²) in [6.07, 6.45) is 5.59. The average Bonchev–Trinajstić information content (AvgIpc) is 2.57. The third-order valence-electron chi connectivity index (χ3n) is 4.56. The molecule has 3 fully saturated rings. The first-order valence-corrected chi connectivity index (χ1v) is 6.98. The van der Waals surface area contributed by atoms with Crippen molar-refractivity contribution in [3.63, 3.8) is 0 Å². The molecule has 3 aliphatic rings. The zero-order valence-corrected chi connectivity index (χ0v) is 11.6. The molecule has 112 valence electrons. The summed E-state index contributed by atoms with van der Waals surface area (Å²) in [7, 11) is 0. The van der Waals surface area contributed by atoms with E-state index in [9.17, 15) is 15.8 Å². The summed E-state index contributed by atoms with van der Waals surface area (Å²) in [5, 5.41) is 40.7. The van der Waals surface area contributed by atoms with Gasteiger partial charge in [-0.3, -0.25) is 0 Å². The minimum atomic E-state index is -0.393. The van der Waals surface area contributed by atoms with Crippen molar-refractivity contribution in [2.75, 3.05) is 0 Å². The standard InChI is InChI=1S/C12H14N10/c13-4-9-2-1-8-3-11-20(6-15)21(7-16)18-19-22(11)17-12(8)10(9)5-14/h8-12,17-19H,1-3H2. The van der Waals surface area contributed by atoms with Gasteiger partial charge in [0.25, 0.3) is 0 Å². The van der Waals surface area contributed by atoms with E-state index >= 15 is 0 Å². The van der Waals surface area contributed by atoms with Gasteiger partial charge >= 0.3 is 0 Å². The van der Waals surface area contributed by atoms with Gasteiger partial charge in [-0.05, 0) is 25.2 Å². The lowest BCUT2D eigenvalue weighted by atomic mass is 9.69. The van der Waals surface area contributed by atoms with E-state index in [-0.39, 0.29) is 24.0 Å². The van der Waals surface area contributed by atoms with Crippen LogP contribution in [0.3, 0.4) is 0 Å². The number of hydrogen-bond acceptors (Lipinski definition) is 10. The predicted molar refractivity (Wildman–Crippen MR) is 69.3 cm³/mol. The maximum Gasteiger partial charge on any atom is 0.218 e. The molecule has 3 rings (SSSR count). The summed E-state index contributed by atoms with van der Waals surface area (Å²) in [5.74, 6) is -0.501. The number of nitrogens with zero attached hydrogens (tertiary/aromatic N) is 7. The predicted octanol–water partition coefficient (Wildman–Crippen LogP) is -1.00. The highest BCUT2D eigenvalue weighted by Gasteiger charge is 2.49. The first kappa shape index (κ1) is 14.3. The highest BCUT2D eigenvalue weighted by Crippen LogP contribution is 2.39. The Hall–Kier alpha value is -2.60. The van der Waals surface area contributed by atoms with Crippen molar-refractivity contribution in [2.45, 2.75) is 31.5 Å². The molecule has 0 spiro atoms. The van der Waals surface area contributed by atoms with Crippen LogP contribution < -0.4 is 16.5 Å². The van der Waals surface area contributed by atoms with Crippen LogP contribution in [0.25, 0.3) is 0 Å². The molecule has 22 heavy (non-hydrogen) atoms. The Balaban J connectivity index is 1.82. The number of hydrogen-bond donors (Lipinski definition) is 3. The minimum Gasteiger partial charge on any atom is -0.234 e. The number of fused-ring (bicyclic) bond motifs is 2. The Morgan fingerprint density at radius 3 is 2.41 bits per heavy atom. The molecule has 0 bridgehead atoms. The van der Waals surface area contributed by atoms with Crippen LogP contribution in [-0.2, 0) is 0 Å². The molecule has 5 atom stereocenters. The number of rotatable bonds is 0. The largest absolute Gasteiger partial charge is 0.234 e. The first-order valence-electron chi connectivity index (χ1n) is 6.98. The molecule has 0 aromatic heterocycles. The Morgan fingerprint density at radius 1 is 0.955 bits per heavy atom. The maximum absolute atomic E-state index is 9.40. The average molecular weight is 298 g/mol. The highest BCUT2D eigenvalue weighted by molar-refractivity contribution is 5.09. The third kappa shape index (κ3) is 2.08. The molecule has 0 aromatic rings. The molecule has 1 saturated carbocycles. The van der Waals surface area contributed by atoms with Gasteiger partial charge in [0, 0.05) is 6.04 Å². The number of nitriles is 4. The van der Waals surface area contributed by atoms with Gasteiger partial charge in [0.05, 0.1) is 24.0 Å². The van der Waals surface area contributed by atoms with Crippen LogP contribution in [0.1, 0.15) is 19.3 Å². The Labute approximate surface area is 127 Å². The Bertz CT molecular complexity index is 551. The second-order valence-electron chi connectivity index (χ2n) is 5.55. The van der Waals surface area contributed by atoms with Crippen LogP contribution in [0.4, 0.5) is 0 Å². The van der Waals surface area contributed by atoms with Gasteiger partial charge in [0.2, 0.25) is 12.4 Å². The lowest BCUT2D eigenvalue weighted by Crippen LogP contribution is -2.78. The quantitative estimate of drug-likeness (QED) is 0.477. The van der Waals surface area contributed by atoms with Gasteiger partial charge in [-0.15, -0.1) is 15.8 Å². The van der Waals surface area contributed by atoms with Crippen LogP contribution >= 0.6 is 0 Å². The van der Waals surface area contributed by atoms with Gasteiger partial charge in [-0.1, -0.05) is 0 Å². The van der Waals surface area contributed by atoms with Crippen LogP contribution in [0.2, 0.25) is 0 Å². The minimum absolute atomic E-state index is 0.150. The zero-order valence-electron chi connectivity index (χ0n) is 11.6. The van der Waals surface area contributed by atoms with E-state index in [1.54, 1.807) is 5.12 Å². The molecular formula is C12H14N10. The van der Waals surface area contributed by atoms with Crippen molar-refractivity contribution in [3.8, 4) is 24.5 Å². The summed E-state index contributed by atoms with van der Waals surface area (Å²) in [5.41, 5.74) is 8.54. The van der Waals surface area contributed by atoms with Gasteiger partial charge < -0.3 is 0 Å². The first-order chi connectivity index (χ1) is 10.7. The molecule has 10 heteroatoms. The maximum atomic E-state index is 9.40. The van der Waals surface area contributed by atoms with Gasteiger partial charge in [0.15, 0.2) is 0 Å². The number of hydrazine groups is 5. The molecule has 3 N–H and O–H groups in total. The van der Waals surface area contributed by atoms with Gasteiger partial charge in [-0.2, -0.15) is 31.6 Å². The normalized spacial score (nSPS) is 37.7. The molecule has 0 aromatic carbocycles.